The van der Waals surface area contributed by atoms with Crippen LogP contribution in [0, 0.1) is 0 Å². The van der Waals surface area contributed by atoms with Crippen molar-refractivity contribution in [2.75, 3.05) is 6.54 Å². The van der Waals surface area contributed by atoms with Crippen LogP contribution < -0.4 is 5.32 Å². The van der Waals surface area contributed by atoms with Crippen molar-refractivity contribution >= 4 is 27.0 Å². The lowest BCUT2D eigenvalue weighted by molar-refractivity contribution is 0.673. The molecular weight excluding hydrogens is 326 g/mol. The number of halogens is 1. The summed E-state index contributed by atoms with van der Waals surface area (Å²) in [5, 5.41) is 3.47. The van der Waals surface area contributed by atoms with E-state index < -0.39 is 0 Å². The minimum absolute atomic E-state index is 0.856. The van der Waals surface area contributed by atoms with Gasteiger partial charge in [-0.25, -0.2) is 4.98 Å². The van der Waals surface area contributed by atoms with E-state index in [9.17, 15) is 0 Å². The Kier molecular flexibility index (Phi) is 4.36. The van der Waals surface area contributed by atoms with E-state index in [0.29, 0.717) is 0 Å². The molecule has 0 saturated carbocycles. The lowest BCUT2D eigenvalue weighted by Crippen LogP contribution is -2.15. The molecule has 0 unspecified atom stereocenters. The highest BCUT2D eigenvalue weighted by molar-refractivity contribution is 9.10. The maximum Gasteiger partial charge on any atom is 0.100 e. The van der Waals surface area contributed by atoms with E-state index in [1.807, 2.05) is 24.5 Å². The molecule has 0 aliphatic carbocycles. The fourth-order valence-electron chi connectivity index (χ4n) is 2.48. The third-order valence-electron chi connectivity index (χ3n) is 3.50. The summed E-state index contributed by atoms with van der Waals surface area (Å²) in [6.07, 6.45) is 3.04. The molecule has 0 fully saturated rings. The summed E-state index contributed by atoms with van der Waals surface area (Å²) in [6.45, 7) is 4.06. The summed E-state index contributed by atoms with van der Waals surface area (Å²) >= 11 is 3.57. The molecule has 3 aromatic rings. The normalized spacial score (nSPS) is 11.1. The average Bonchev–Trinajstić information content (AvgIpc) is 2.92. The van der Waals surface area contributed by atoms with Gasteiger partial charge in [-0.15, -0.1) is 0 Å². The first kappa shape index (κ1) is 14.3. The van der Waals surface area contributed by atoms with Gasteiger partial charge in [-0.3, -0.25) is 4.57 Å². The Morgan fingerprint density at radius 1 is 1.19 bits per heavy atom. The molecule has 1 N–H and O–H groups in total. The van der Waals surface area contributed by atoms with Crippen molar-refractivity contribution in [1.29, 1.82) is 0 Å². The van der Waals surface area contributed by atoms with Gasteiger partial charge in [0.05, 0.1) is 16.7 Å². The number of rotatable bonds is 5. The molecule has 0 spiro atoms. The standard InChI is InChI=1S/C17H18BrN3/c1-2-9-19-11-13-10-14(18)7-8-16(13)21-12-20-15-5-3-4-6-17(15)21/h3-8,10,12,19H,2,9,11H2,1H3. The predicted molar refractivity (Wildman–Crippen MR) is 90.8 cm³/mol. The SMILES string of the molecule is CCCNCc1cc(Br)ccc1-n1cnc2ccccc21. The van der Waals surface area contributed by atoms with Gasteiger partial charge in [-0.2, -0.15) is 0 Å². The molecule has 0 bridgehead atoms. The minimum atomic E-state index is 0.856. The van der Waals surface area contributed by atoms with Crippen molar-refractivity contribution in [3.8, 4) is 5.69 Å². The van der Waals surface area contributed by atoms with E-state index in [1.165, 1.54) is 11.3 Å². The molecule has 21 heavy (non-hydrogen) atoms. The Hall–Kier alpha value is -1.65. The van der Waals surface area contributed by atoms with Gasteiger partial charge >= 0.3 is 0 Å². The van der Waals surface area contributed by atoms with E-state index in [4.69, 9.17) is 0 Å². The van der Waals surface area contributed by atoms with Crippen LogP contribution in [0.3, 0.4) is 0 Å². The van der Waals surface area contributed by atoms with Gasteiger partial charge in [-0.05, 0) is 48.9 Å². The first-order valence-electron chi connectivity index (χ1n) is 7.21. The lowest BCUT2D eigenvalue weighted by atomic mass is 10.1. The first-order valence-corrected chi connectivity index (χ1v) is 8.00. The van der Waals surface area contributed by atoms with Gasteiger partial charge < -0.3 is 5.32 Å². The highest BCUT2D eigenvalue weighted by Gasteiger charge is 2.09. The van der Waals surface area contributed by atoms with Crippen LogP contribution in [0.5, 0.6) is 0 Å². The topological polar surface area (TPSA) is 29.9 Å². The Bertz CT molecular complexity index is 749. The smallest absolute Gasteiger partial charge is 0.100 e. The van der Waals surface area contributed by atoms with E-state index in [-0.39, 0.29) is 0 Å². The lowest BCUT2D eigenvalue weighted by Gasteiger charge is -2.12. The van der Waals surface area contributed by atoms with Crippen LogP contribution in [0.2, 0.25) is 0 Å². The van der Waals surface area contributed by atoms with Crippen molar-refractivity contribution in [2.45, 2.75) is 19.9 Å². The maximum absolute atomic E-state index is 4.49. The molecule has 1 aromatic heterocycles. The molecule has 3 nitrogen and oxygen atoms in total. The Morgan fingerprint density at radius 2 is 2.05 bits per heavy atom. The Balaban J connectivity index is 2.04. The predicted octanol–water partition coefficient (Wildman–Crippen LogP) is 4.29. The largest absolute Gasteiger partial charge is 0.313 e. The van der Waals surface area contributed by atoms with Gasteiger partial charge in [0.2, 0.25) is 0 Å². The summed E-state index contributed by atoms with van der Waals surface area (Å²) in [5.74, 6) is 0. The van der Waals surface area contributed by atoms with Crippen molar-refractivity contribution < 1.29 is 0 Å². The van der Waals surface area contributed by atoms with E-state index in [0.717, 1.165) is 35.0 Å². The highest BCUT2D eigenvalue weighted by Crippen LogP contribution is 2.24. The highest BCUT2D eigenvalue weighted by atomic mass is 79.9. The number of hydrogen-bond donors (Lipinski definition) is 1. The summed E-state index contributed by atoms with van der Waals surface area (Å²) in [5.41, 5.74) is 4.60. The van der Waals surface area contributed by atoms with Gasteiger partial charge in [0.1, 0.15) is 6.33 Å². The van der Waals surface area contributed by atoms with Crippen LogP contribution in [0.4, 0.5) is 0 Å². The van der Waals surface area contributed by atoms with Gasteiger partial charge in [0.25, 0.3) is 0 Å². The van der Waals surface area contributed by atoms with Crippen LogP contribution in [0.1, 0.15) is 18.9 Å². The van der Waals surface area contributed by atoms with E-state index in [2.05, 4.69) is 62.0 Å². The van der Waals surface area contributed by atoms with Crippen molar-refractivity contribution in [2.24, 2.45) is 0 Å². The number of imidazole rings is 1. The molecule has 3 rings (SSSR count). The third-order valence-corrected chi connectivity index (χ3v) is 3.99. The molecule has 0 aliphatic heterocycles. The Morgan fingerprint density at radius 3 is 2.90 bits per heavy atom. The van der Waals surface area contributed by atoms with Crippen LogP contribution in [-0.4, -0.2) is 16.1 Å². The summed E-state index contributed by atoms with van der Waals surface area (Å²) in [4.78, 5) is 4.49. The number of nitrogens with one attached hydrogen (secondary N) is 1. The zero-order valence-electron chi connectivity index (χ0n) is 12.0. The maximum atomic E-state index is 4.49. The van der Waals surface area contributed by atoms with E-state index >= 15 is 0 Å². The molecule has 0 amide bonds. The summed E-state index contributed by atoms with van der Waals surface area (Å²) < 4.78 is 3.26. The quantitative estimate of drug-likeness (QED) is 0.700. The zero-order valence-corrected chi connectivity index (χ0v) is 13.6. The van der Waals surface area contributed by atoms with Gasteiger partial charge in [0.15, 0.2) is 0 Å². The molecule has 0 atom stereocenters. The van der Waals surface area contributed by atoms with E-state index in [1.54, 1.807) is 0 Å². The second kappa shape index (κ2) is 6.41. The van der Waals surface area contributed by atoms with Crippen LogP contribution in [0.25, 0.3) is 16.7 Å². The summed E-state index contributed by atoms with van der Waals surface area (Å²) in [6, 6.07) is 14.6. The van der Waals surface area contributed by atoms with Crippen LogP contribution >= 0.6 is 15.9 Å². The molecule has 0 radical (unpaired) electrons. The molecule has 1 heterocycles. The second-order valence-electron chi connectivity index (χ2n) is 5.05. The van der Waals surface area contributed by atoms with Crippen molar-refractivity contribution in [3.63, 3.8) is 0 Å². The van der Waals surface area contributed by atoms with Crippen LogP contribution in [-0.2, 0) is 6.54 Å². The minimum Gasteiger partial charge on any atom is -0.313 e. The number of nitrogens with zero attached hydrogens (tertiary/aromatic N) is 2. The number of hydrogen-bond acceptors (Lipinski definition) is 2. The summed E-state index contributed by atoms with van der Waals surface area (Å²) in [7, 11) is 0. The van der Waals surface area contributed by atoms with Crippen LogP contribution in [0.15, 0.2) is 53.3 Å². The average molecular weight is 344 g/mol. The van der Waals surface area contributed by atoms with Gasteiger partial charge in [0, 0.05) is 11.0 Å². The second-order valence-corrected chi connectivity index (χ2v) is 5.97. The fraction of sp³-hybridized carbons (Fsp3) is 0.235. The number of aromatic nitrogens is 2. The zero-order chi connectivity index (χ0) is 14.7. The van der Waals surface area contributed by atoms with Crippen molar-refractivity contribution in [3.05, 3.63) is 58.8 Å². The first-order chi connectivity index (χ1) is 10.3. The van der Waals surface area contributed by atoms with Gasteiger partial charge in [-0.1, -0.05) is 35.0 Å². The number of para-hydroxylation sites is 2. The monoisotopic (exact) mass is 343 g/mol. The number of benzene rings is 2. The molecule has 2 aromatic carbocycles. The molecule has 0 saturated heterocycles. The third kappa shape index (κ3) is 3.01. The fourth-order valence-corrected chi connectivity index (χ4v) is 2.89. The number of fused-ring (bicyclic) bond motifs is 1. The molecule has 4 heteroatoms. The molecule has 108 valence electrons. The molecular formula is C17H18BrN3. The molecule has 0 aliphatic rings. The Labute approximate surface area is 133 Å². The van der Waals surface area contributed by atoms with Crippen molar-refractivity contribution in [1.82, 2.24) is 14.9 Å².